The van der Waals surface area contributed by atoms with Crippen LogP contribution in [0.5, 0.6) is 11.5 Å². The predicted octanol–water partition coefficient (Wildman–Crippen LogP) is 5.78. The minimum absolute atomic E-state index is 0.0442. The highest BCUT2D eigenvalue weighted by Gasteiger charge is 2.40. The largest absolute Gasteiger partial charge is 0.494 e. The number of hydrogen-bond acceptors (Lipinski definition) is 4. The van der Waals surface area contributed by atoms with Gasteiger partial charge in [-0.1, -0.05) is 60.7 Å². The van der Waals surface area contributed by atoms with Crippen LogP contribution in [0.25, 0.3) is 21.5 Å². The fraction of sp³-hybridized carbons (Fsp3) is 0.214. The first-order chi connectivity index (χ1) is 16.4. The van der Waals surface area contributed by atoms with Gasteiger partial charge in [0.05, 0.1) is 25.0 Å². The molecule has 174 valence electrons. The molecule has 0 amide bonds. The fourth-order valence-electron chi connectivity index (χ4n) is 4.12. The maximum atomic E-state index is 12.2. The summed E-state index contributed by atoms with van der Waals surface area (Å²) < 4.78 is 11.6. The van der Waals surface area contributed by atoms with Crippen LogP contribution in [0.2, 0.25) is 0 Å². The predicted molar refractivity (Wildman–Crippen MR) is 130 cm³/mol. The molecule has 0 saturated carbocycles. The van der Waals surface area contributed by atoms with Gasteiger partial charge in [-0.15, -0.1) is 0 Å². The minimum atomic E-state index is -1.50. The normalized spacial score (nSPS) is 11.4. The maximum absolute atomic E-state index is 12.2. The molecule has 2 N–H and O–H groups in total. The lowest BCUT2D eigenvalue weighted by Gasteiger charge is -2.28. The van der Waals surface area contributed by atoms with Crippen LogP contribution in [0.1, 0.15) is 19.3 Å². The number of carboxylic acids is 2. The Bertz CT molecular complexity index is 1230. The van der Waals surface area contributed by atoms with Gasteiger partial charge in [-0.2, -0.15) is 0 Å². The SMILES string of the molecule is O=C(O)CC(CCOc1ccc2ccccc2c1)(CCOc1ccc2ccccc2c1)C(=O)O. The third-order valence-electron chi connectivity index (χ3n) is 6.08. The monoisotopic (exact) mass is 458 g/mol. The number of ether oxygens (including phenoxy) is 2. The number of benzene rings is 4. The van der Waals surface area contributed by atoms with Gasteiger partial charge >= 0.3 is 11.9 Å². The Morgan fingerprint density at radius 3 is 1.50 bits per heavy atom. The van der Waals surface area contributed by atoms with Crippen molar-refractivity contribution in [1.29, 1.82) is 0 Å². The van der Waals surface area contributed by atoms with Crippen molar-refractivity contribution < 1.29 is 29.3 Å². The number of fused-ring (bicyclic) bond motifs is 2. The molecule has 0 aliphatic carbocycles. The smallest absolute Gasteiger partial charge is 0.310 e. The van der Waals surface area contributed by atoms with Gasteiger partial charge in [0.25, 0.3) is 0 Å². The summed E-state index contributed by atoms with van der Waals surface area (Å²) in [6.45, 7) is 0.155. The van der Waals surface area contributed by atoms with E-state index in [9.17, 15) is 19.8 Å². The van der Waals surface area contributed by atoms with Crippen LogP contribution in [0.15, 0.2) is 84.9 Å². The molecular formula is C28H26O6. The van der Waals surface area contributed by atoms with Crippen LogP contribution >= 0.6 is 0 Å². The molecule has 6 heteroatoms. The molecule has 4 rings (SSSR count). The van der Waals surface area contributed by atoms with E-state index in [1.165, 1.54) is 0 Å². The molecule has 0 aliphatic heterocycles. The number of aliphatic carboxylic acids is 2. The quantitative estimate of drug-likeness (QED) is 0.296. The van der Waals surface area contributed by atoms with Gasteiger partial charge in [-0.3, -0.25) is 9.59 Å². The maximum Gasteiger partial charge on any atom is 0.310 e. The van der Waals surface area contributed by atoms with Crippen LogP contribution in [0.4, 0.5) is 0 Å². The van der Waals surface area contributed by atoms with Crippen LogP contribution in [0, 0.1) is 5.41 Å². The van der Waals surface area contributed by atoms with E-state index in [0.29, 0.717) is 11.5 Å². The highest BCUT2D eigenvalue weighted by Crippen LogP contribution is 2.33. The molecule has 0 atom stereocenters. The number of rotatable bonds is 11. The van der Waals surface area contributed by atoms with E-state index < -0.39 is 23.8 Å². The Morgan fingerprint density at radius 2 is 1.09 bits per heavy atom. The zero-order valence-electron chi connectivity index (χ0n) is 18.6. The standard InChI is InChI=1S/C28H26O6/c29-26(30)19-28(27(31)32,13-15-33-24-11-9-20-5-1-3-7-22(20)17-24)14-16-34-25-12-10-21-6-2-4-8-23(21)18-25/h1-12,17-18H,13-16,19H2,(H,29,30)(H,31,32). The van der Waals surface area contributed by atoms with Crippen molar-refractivity contribution in [1.82, 2.24) is 0 Å². The third-order valence-corrected chi connectivity index (χ3v) is 6.08. The molecule has 0 aliphatic rings. The van der Waals surface area contributed by atoms with Crippen molar-refractivity contribution in [2.45, 2.75) is 19.3 Å². The molecular weight excluding hydrogens is 432 g/mol. The van der Waals surface area contributed by atoms with Gasteiger partial charge in [0.15, 0.2) is 0 Å². The summed E-state index contributed by atoms with van der Waals surface area (Å²) in [5.41, 5.74) is -1.50. The molecule has 0 unspecified atom stereocenters. The molecule has 4 aromatic carbocycles. The van der Waals surface area contributed by atoms with Crippen LogP contribution in [0.3, 0.4) is 0 Å². The van der Waals surface area contributed by atoms with Crippen molar-refractivity contribution in [2.75, 3.05) is 13.2 Å². The Morgan fingerprint density at radius 1 is 0.647 bits per heavy atom. The molecule has 6 nitrogen and oxygen atoms in total. The number of hydrogen-bond donors (Lipinski definition) is 2. The summed E-state index contributed by atoms with van der Waals surface area (Å²) in [7, 11) is 0. The van der Waals surface area contributed by atoms with Gasteiger partial charge < -0.3 is 19.7 Å². The highest BCUT2D eigenvalue weighted by atomic mass is 16.5. The average Bonchev–Trinajstić information content (AvgIpc) is 2.83. The summed E-state index contributed by atoms with van der Waals surface area (Å²) >= 11 is 0. The van der Waals surface area contributed by atoms with E-state index in [1.807, 2.05) is 84.9 Å². The van der Waals surface area contributed by atoms with E-state index in [4.69, 9.17) is 9.47 Å². The minimum Gasteiger partial charge on any atom is -0.494 e. The average molecular weight is 459 g/mol. The zero-order valence-corrected chi connectivity index (χ0v) is 18.6. The second-order valence-electron chi connectivity index (χ2n) is 8.37. The Labute approximate surface area is 197 Å². The lowest BCUT2D eigenvalue weighted by molar-refractivity contribution is -0.157. The molecule has 0 saturated heterocycles. The lowest BCUT2D eigenvalue weighted by atomic mass is 9.78. The van der Waals surface area contributed by atoms with E-state index in [2.05, 4.69) is 0 Å². The van der Waals surface area contributed by atoms with Gasteiger partial charge in [0, 0.05) is 0 Å². The van der Waals surface area contributed by atoms with E-state index in [0.717, 1.165) is 21.5 Å². The van der Waals surface area contributed by atoms with Gasteiger partial charge in [0.2, 0.25) is 0 Å². The van der Waals surface area contributed by atoms with Crippen LogP contribution < -0.4 is 9.47 Å². The zero-order chi connectivity index (χ0) is 24.0. The van der Waals surface area contributed by atoms with Crippen molar-refractivity contribution >= 4 is 33.5 Å². The molecule has 34 heavy (non-hydrogen) atoms. The number of carboxylic acid groups (broad SMARTS) is 2. The van der Waals surface area contributed by atoms with Crippen LogP contribution in [-0.2, 0) is 9.59 Å². The summed E-state index contributed by atoms with van der Waals surface area (Å²) in [6, 6.07) is 27.0. The molecule has 4 aromatic rings. The van der Waals surface area contributed by atoms with Gasteiger partial charge in [0.1, 0.15) is 11.5 Å². The lowest BCUT2D eigenvalue weighted by Crippen LogP contribution is -2.37. The van der Waals surface area contributed by atoms with E-state index in [1.54, 1.807) is 0 Å². The molecule has 0 spiro atoms. The van der Waals surface area contributed by atoms with E-state index >= 15 is 0 Å². The van der Waals surface area contributed by atoms with Crippen molar-refractivity contribution in [3.8, 4) is 11.5 Å². The molecule has 0 heterocycles. The van der Waals surface area contributed by atoms with Crippen molar-refractivity contribution in [3.63, 3.8) is 0 Å². The summed E-state index contributed by atoms with van der Waals surface area (Å²) in [4.78, 5) is 23.8. The summed E-state index contributed by atoms with van der Waals surface area (Å²) in [6.07, 6.45) is -0.421. The van der Waals surface area contributed by atoms with Crippen LogP contribution in [-0.4, -0.2) is 35.4 Å². The summed E-state index contributed by atoms with van der Waals surface area (Å²) in [5.74, 6) is -1.11. The first-order valence-electron chi connectivity index (χ1n) is 11.1. The first kappa shape index (κ1) is 23.1. The van der Waals surface area contributed by atoms with Gasteiger partial charge in [-0.25, -0.2) is 0 Å². The fourth-order valence-corrected chi connectivity index (χ4v) is 4.12. The Kier molecular flexibility index (Phi) is 6.97. The second-order valence-corrected chi connectivity index (χ2v) is 8.37. The summed E-state index contributed by atoms with van der Waals surface area (Å²) in [5, 5.41) is 23.6. The van der Waals surface area contributed by atoms with E-state index in [-0.39, 0.29) is 26.1 Å². The topological polar surface area (TPSA) is 93.1 Å². The molecule has 0 aromatic heterocycles. The second kappa shape index (κ2) is 10.3. The molecule has 0 bridgehead atoms. The van der Waals surface area contributed by atoms with Crippen molar-refractivity contribution in [3.05, 3.63) is 84.9 Å². The Balaban J connectivity index is 1.42. The molecule has 0 fully saturated rings. The Hall–Kier alpha value is -4.06. The van der Waals surface area contributed by atoms with Crippen molar-refractivity contribution in [2.24, 2.45) is 5.41 Å². The highest BCUT2D eigenvalue weighted by molar-refractivity contribution is 5.84. The third kappa shape index (κ3) is 5.46. The van der Waals surface area contributed by atoms with Gasteiger partial charge in [-0.05, 0) is 58.7 Å². The number of carbonyl (C=O) groups is 2. The first-order valence-corrected chi connectivity index (χ1v) is 11.1. The molecule has 0 radical (unpaired) electrons.